The van der Waals surface area contributed by atoms with Crippen molar-refractivity contribution in [3.63, 3.8) is 0 Å². The molecule has 0 aromatic carbocycles. The van der Waals surface area contributed by atoms with Crippen LogP contribution in [0, 0.1) is 17.8 Å². The van der Waals surface area contributed by atoms with Gasteiger partial charge in [0.1, 0.15) is 31.0 Å². The first kappa shape index (κ1) is 52.0. The van der Waals surface area contributed by atoms with E-state index in [1.54, 1.807) is 19.1 Å². The molecule has 0 radical (unpaired) electrons. The Hall–Kier alpha value is -2.80. The van der Waals surface area contributed by atoms with E-state index in [2.05, 4.69) is 26.5 Å². The average molecular weight is 943 g/mol. The maximum absolute atomic E-state index is 13.0. The number of carboxylic acid groups (broad SMARTS) is 1. The van der Waals surface area contributed by atoms with Gasteiger partial charge in [0.05, 0.1) is 49.7 Å². The third kappa shape index (κ3) is 12.4. The van der Waals surface area contributed by atoms with Gasteiger partial charge in [-0.3, -0.25) is 4.79 Å². The molecule has 5 N–H and O–H groups in total. The fourth-order valence-electron chi connectivity index (χ4n) is 11.3. The number of carboxylic acids is 1. The lowest BCUT2D eigenvalue weighted by molar-refractivity contribution is -0.321. The SMILES string of the molecule is C=C1[C@@H](O)[C@@H]2O[C@]3(CC[C@H](/C=C/[C@@H](C)[C@@H]4CC(C)=C[C@@]5(O[C@H](C[C@@](C)(O)C(=O)OC/C(C)=C/C=C/CC(=O)O)CC[C@H]5O)O4)O3)CC[C@H]2O[C@@H]1[C@@H](O)C[C@H](C)[C@@H]1O[C@@]2(CCCCO2)CC[C@H]1C. The van der Waals surface area contributed by atoms with Crippen LogP contribution in [0.25, 0.3) is 0 Å². The van der Waals surface area contributed by atoms with Gasteiger partial charge in [0.2, 0.25) is 5.79 Å². The van der Waals surface area contributed by atoms with E-state index >= 15 is 0 Å². The largest absolute Gasteiger partial charge is 0.481 e. The lowest BCUT2D eigenvalue weighted by Crippen LogP contribution is -2.60. The van der Waals surface area contributed by atoms with Crippen molar-refractivity contribution < 1.29 is 73.0 Å². The normalized spacial score (nSPS) is 40.7. The molecule has 0 amide bonds. The van der Waals surface area contributed by atoms with Crippen LogP contribution in [-0.4, -0.2) is 135 Å². The molecule has 0 bridgehead atoms. The van der Waals surface area contributed by atoms with Crippen LogP contribution in [0.3, 0.4) is 0 Å². The smallest absolute Gasteiger partial charge is 0.338 e. The average Bonchev–Trinajstić information content (AvgIpc) is 3.68. The summed E-state index contributed by atoms with van der Waals surface area (Å²) in [5, 5.41) is 54.5. The zero-order valence-electron chi connectivity index (χ0n) is 40.5. The van der Waals surface area contributed by atoms with Crippen LogP contribution >= 0.6 is 0 Å². The second-order valence-corrected chi connectivity index (χ2v) is 21.2. The summed E-state index contributed by atoms with van der Waals surface area (Å²) < 4.78 is 51.1. The van der Waals surface area contributed by atoms with Crippen LogP contribution in [0.1, 0.15) is 138 Å². The lowest BCUT2D eigenvalue weighted by atomic mass is 9.79. The van der Waals surface area contributed by atoms with Gasteiger partial charge in [-0.15, -0.1) is 0 Å². The number of fused-ring (bicyclic) bond motifs is 1. The fraction of sp³-hybridized carbons (Fsp3) is 0.769. The quantitative estimate of drug-likeness (QED) is 0.0662. The standard InChI is InChI=1S/C52H78O15/c1-31(12-8-9-13-43(55)56)30-60-48(58)49(7,59)29-38-16-17-42(54)52(64-38)28-32(2)26-41(65-52)33(3)14-15-37-19-23-51(63-37)24-20-40-47(67-51)44(57)36(6)46(62-40)39(53)27-35(5)45-34(4)18-22-50(66-45)21-10-11-25-61-50/h8-9,12,14-15,28,33-35,37-42,44-47,53-54,57,59H,6,10-11,13,16-27,29-30H2,1-5,7H3,(H,55,56)/b9-8+,15-14+,31-12+/t33-,34-,35+,37+,38+,39+,40-,41+,42-,44-,45-,46+,47-,49-,50+,51-,52-/m1/s1. The number of ether oxygens (including phenoxy) is 8. The Morgan fingerprint density at radius 3 is 2.51 bits per heavy atom. The number of aliphatic hydroxyl groups is 4. The number of hydrogen-bond donors (Lipinski definition) is 5. The molecule has 376 valence electrons. The Morgan fingerprint density at radius 2 is 1.76 bits per heavy atom. The number of aliphatic hydroxyl groups excluding tert-OH is 3. The van der Waals surface area contributed by atoms with E-state index in [-0.39, 0.29) is 49.6 Å². The monoisotopic (exact) mass is 943 g/mol. The predicted molar refractivity (Wildman–Crippen MR) is 246 cm³/mol. The molecule has 3 spiro atoms. The number of hydrogen-bond acceptors (Lipinski definition) is 14. The molecule has 0 saturated carbocycles. The number of carbonyl (C=O) groups excluding carboxylic acids is 1. The summed E-state index contributed by atoms with van der Waals surface area (Å²) in [6.07, 6.45) is 13.7. The highest BCUT2D eigenvalue weighted by molar-refractivity contribution is 5.79. The summed E-state index contributed by atoms with van der Waals surface area (Å²) in [5.41, 5.74) is 0.185. The second kappa shape index (κ2) is 21.7. The molecule has 0 aliphatic carbocycles. The Balaban J connectivity index is 0.894. The van der Waals surface area contributed by atoms with Crippen molar-refractivity contribution in [2.45, 2.75) is 222 Å². The minimum absolute atomic E-state index is 0.0392. The van der Waals surface area contributed by atoms with Crippen molar-refractivity contribution >= 4 is 11.9 Å². The van der Waals surface area contributed by atoms with Gasteiger partial charge < -0.3 is 63.4 Å². The minimum Gasteiger partial charge on any atom is -0.481 e. The van der Waals surface area contributed by atoms with Gasteiger partial charge in [0.25, 0.3) is 0 Å². The van der Waals surface area contributed by atoms with Crippen molar-refractivity contribution in [3.05, 3.63) is 59.8 Å². The first-order valence-electron chi connectivity index (χ1n) is 24.9. The van der Waals surface area contributed by atoms with Crippen LogP contribution in [0.15, 0.2) is 59.8 Å². The highest BCUT2D eigenvalue weighted by Crippen LogP contribution is 2.47. The van der Waals surface area contributed by atoms with Gasteiger partial charge in [0, 0.05) is 38.0 Å². The summed E-state index contributed by atoms with van der Waals surface area (Å²) >= 11 is 0. The van der Waals surface area contributed by atoms with Crippen molar-refractivity contribution in [2.24, 2.45) is 17.8 Å². The van der Waals surface area contributed by atoms with Crippen LogP contribution in [-0.2, 0) is 47.5 Å². The molecule has 7 rings (SSSR count). The van der Waals surface area contributed by atoms with Crippen molar-refractivity contribution in [1.82, 2.24) is 0 Å². The number of allylic oxidation sites excluding steroid dienone is 2. The number of rotatable bonds is 15. The Morgan fingerprint density at radius 1 is 1.00 bits per heavy atom. The molecule has 6 fully saturated rings. The van der Waals surface area contributed by atoms with Crippen LogP contribution in [0.4, 0.5) is 0 Å². The third-order valence-corrected chi connectivity index (χ3v) is 15.2. The molecule has 7 aliphatic rings. The van der Waals surface area contributed by atoms with Gasteiger partial charge in [-0.1, -0.05) is 63.3 Å². The summed E-state index contributed by atoms with van der Waals surface area (Å²) in [6.45, 7) is 16.3. The van der Waals surface area contributed by atoms with Crippen molar-refractivity contribution in [1.29, 1.82) is 0 Å². The fourth-order valence-corrected chi connectivity index (χ4v) is 11.3. The number of carbonyl (C=O) groups is 2. The highest BCUT2D eigenvalue weighted by atomic mass is 16.7. The molecule has 15 nitrogen and oxygen atoms in total. The van der Waals surface area contributed by atoms with Gasteiger partial charge >= 0.3 is 11.9 Å². The molecule has 6 saturated heterocycles. The number of aliphatic carboxylic acids is 1. The van der Waals surface area contributed by atoms with Gasteiger partial charge in [-0.05, 0) is 108 Å². The van der Waals surface area contributed by atoms with Gasteiger partial charge in [-0.2, -0.15) is 0 Å². The zero-order chi connectivity index (χ0) is 48.3. The van der Waals surface area contributed by atoms with Gasteiger partial charge in [0.15, 0.2) is 17.2 Å². The van der Waals surface area contributed by atoms with E-state index in [0.29, 0.717) is 68.4 Å². The van der Waals surface area contributed by atoms with E-state index in [1.165, 1.54) is 13.0 Å². The maximum atomic E-state index is 13.0. The molecule has 0 aromatic rings. The summed E-state index contributed by atoms with van der Waals surface area (Å²) in [6, 6.07) is 0. The molecule has 17 atom stereocenters. The Bertz CT molecular complexity index is 1870. The van der Waals surface area contributed by atoms with E-state index in [9.17, 15) is 30.0 Å². The molecule has 67 heavy (non-hydrogen) atoms. The summed E-state index contributed by atoms with van der Waals surface area (Å²) in [5.74, 6) is -4.37. The van der Waals surface area contributed by atoms with Crippen molar-refractivity contribution in [3.8, 4) is 0 Å². The summed E-state index contributed by atoms with van der Waals surface area (Å²) in [7, 11) is 0. The van der Waals surface area contributed by atoms with E-state index < -0.39 is 77.6 Å². The number of esters is 1. The molecule has 0 aromatic heterocycles. The first-order valence-corrected chi connectivity index (χ1v) is 24.9. The van der Waals surface area contributed by atoms with E-state index in [4.69, 9.17) is 43.0 Å². The van der Waals surface area contributed by atoms with Crippen LogP contribution < -0.4 is 0 Å². The Labute approximate surface area is 396 Å². The molecule has 0 unspecified atom stereocenters. The van der Waals surface area contributed by atoms with Gasteiger partial charge in [-0.25, -0.2) is 4.79 Å². The topological polar surface area (TPSA) is 209 Å². The predicted octanol–water partition coefficient (Wildman–Crippen LogP) is 6.65. The maximum Gasteiger partial charge on any atom is 0.338 e. The minimum atomic E-state index is -1.88. The zero-order valence-corrected chi connectivity index (χ0v) is 40.5. The molecular weight excluding hydrogens is 865 g/mol. The molecule has 15 heteroatoms. The molecular formula is C52H78O15. The molecule has 7 aliphatic heterocycles. The van der Waals surface area contributed by atoms with Crippen LogP contribution in [0.2, 0.25) is 0 Å². The Kier molecular flexibility index (Phi) is 16.8. The molecule has 7 heterocycles. The van der Waals surface area contributed by atoms with Crippen LogP contribution in [0.5, 0.6) is 0 Å². The summed E-state index contributed by atoms with van der Waals surface area (Å²) in [4.78, 5) is 23.7. The second-order valence-electron chi connectivity index (χ2n) is 21.2. The lowest BCUT2D eigenvalue weighted by Gasteiger charge is -2.50. The van der Waals surface area contributed by atoms with E-state index in [1.807, 2.05) is 26.0 Å². The first-order chi connectivity index (χ1) is 31.7. The van der Waals surface area contributed by atoms with E-state index in [0.717, 1.165) is 44.3 Å². The van der Waals surface area contributed by atoms with Crippen molar-refractivity contribution in [2.75, 3.05) is 13.2 Å². The third-order valence-electron chi connectivity index (χ3n) is 15.2. The highest BCUT2D eigenvalue weighted by Gasteiger charge is 2.55.